The molecular formula is C21H20ClN3O4. The van der Waals surface area contributed by atoms with E-state index in [2.05, 4.69) is 10.1 Å². The fraction of sp³-hybridized carbons (Fsp3) is 0.286. The first kappa shape index (κ1) is 19.3. The molecule has 0 spiro atoms. The molecule has 7 nitrogen and oxygen atoms in total. The number of halogens is 1. The van der Waals surface area contributed by atoms with E-state index in [0.29, 0.717) is 47.7 Å². The van der Waals surface area contributed by atoms with Gasteiger partial charge in [-0.15, -0.1) is 0 Å². The molecule has 1 fully saturated rings. The molecule has 2 heterocycles. The molecule has 150 valence electrons. The topological polar surface area (TPSA) is 77.7 Å². The van der Waals surface area contributed by atoms with E-state index in [1.165, 1.54) is 0 Å². The molecule has 1 aromatic heterocycles. The van der Waals surface area contributed by atoms with Crippen molar-refractivity contribution in [2.45, 2.75) is 12.3 Å². The summed E-state index contributed by atoms with van der Waals surface area (Å²) < 4.78 is 15.9. The number of ether oxygens (including phenoxy) is 2. The van der Waals surface area contributed by atoms with Crippen molar-refractivity contribution in [3.05, 3.63) is 58.9 Å². The maximum Gasteiger partial charge on any atom is 0.233 e. The zero-order valence-corrected chi connectivity index (χ0v) is 16.8. The van der Waals surface area contributed by atoms with Crippen LogP contribution in [0.5, 0.6) is 11.5 Å². The third-order valence-corrected chi connectivity index (χ3v) is 5.15. The molecule has 3 aromatic rings. The van der Waals surface area contributed by atoms with E-state index in [9.17, 15) is 4.79 Å². The number of hydrogen-bond donors (Lipinski definition) is 0. The van der Waals surface area contributed by atoms with E-state index < -0.39 is 0 Å². The van der Waals surface area contributed by atoms with Crippen molar-refractivity contribution in [3.8, 4) is 22.9 Å². The summed E-state index contributed by atoms with van der Waals surface area (Å²) in [5, 5.41) is 4.64. The summed E-state index contributed by atoms with van der Waals surface area (Å²) >= 11 is 6.01. The zero-order valence-electron chi connectivity index (χ0n) is 16.1. The van der Waals surface area contributed by atoms with Crippen molar-refractivity contribution >= 4 is 17.5 Å². The van der Waals surface area contributed by atoms with Crippen molar-refractivity contribution in [2.24, 2.45) is 0 Å². The van der Waals surface area contributed by atoms with Crippen LogP contribution in [0.3, 0.4) is 0 Å². The molecule has 1 aliphatic rings. The van der Waals surface area contributed by atoms with E-state index in [4.69, 9.17) is 25.6 Å². The lowest BCUT2D eigenvalue weighted by Gasteiger charge is -2.37. The lowest BCUT2D eigenvalue weighted by atomic mass is 9.98. The second-order valence-corrected chi connectivity index (χ2v) is 7.26. The average molecular weight is 414 g/mol. The highest BCUT2D eigenvalue weighted by atomic mass is 35.5. The van der Waals surface area contributed by atoms with E-state index >= 15 is 0 Å². The van der Waals surface area contributed by atoms with Gasteiger partial charge in [0.05, 0.1) is 26.6 Å². The molecule has 0 atom stereocenters. The maximum absolute atomic E-state index is 12.6. The van der Waals surface area contributed by atoms with Gasteiger partial charge in [0.1, 0.15) is 0 Å². The van der Waals surface area contributed by atoms with Crippen LogP contribution in [0.4, 0.5) is 0 Å². The van der Waals surface area contributed by atoms with Gasteiger partial charge in [0.25, 0.3) is 0 Å². The van der Waals surface area contributed by atoms with Gasteiger partial charge in [-0.1, -0.05) is 35.0 Å². The highest BCUT2D eigenvalue weighted by molar-refractivity contribution is 6.30. The summed E-state index contributed by atoms with van der Waals surface area (Å²) in [5.74, 6) is 2.37. The Morgan fingerprint density at radius 1 is 1.17 bits per heavy atom. The number of hydrogen-bond acceptors (Lipinski definition) is 6. The standard InChI is InChI=1S/C21H20ClN3O4/c1-27-17-7-6-13(8-18(17)28-2)9-19(26)25-11-15(12-25)21-23-20(24-29-21)14-4-3-5-16(22)10-14/h3-8,10,15H,9,11-12H2,1-2H3. The molecule has 1 amide bonds. The number of methoxy groups -OCH3 is 2. The molecule has 1 aliphatic heterocycles. The monoisotopic (exact) mass is 413 g/mol. The Morgan fingerprint density at radius 3 is 2.69 bits per heavy atom. The molecule has 4 rings (SSSR count). The van der Waals surface area contributed by atoms with Crippen molar-refractivity contribution < 1.29 is 18.8 Å². The van der Waals surface area contributed by atoms with E-state index in [1.807, 2.05) is 24.3 Å². The van der Waals surface area contributed by atoms with Crippen LogP contribution in [0.2, 0.25) is 5.02 Å². The number of rotatable bonds is 6. The molecular weight excluding hydrogens is 394 g/mol. The third-order valence-electron chi connectivity index (χ3n) is 4.91. The first-order valence-corrected chi connectivity index (χ1v) is 9.53. The van der Waals surface area contributed by atoms with Gasteiger partial charge in [-0.05, 0) is 29.8 Å². The highest BCUT2D eigenvalue weighted by Crippen LogP contribution is 2.30. The first-order chi connectivity index (χ1) is 14.1. The molecule has 8 heteroatoms. The van der Waals surface area contributed by atoms with Gasteiger partial charge in [-0.3, -0.25) is 4.79 Å². The SMILES string of the molecule is COc1ccc(CC(=O)N2CC(c3nc(-c4cccc(Cl)c4)no3)C2)cc1OC. The van der Waals surface area contributed by atoms with E-state index in [-0.39, 0.29) is 11.8 Å². The van der Waals surface area contributed by atoms with Crippen LogP contribution >= 0.6 is 11.6 Å². The first-order valence-electron chi connectivity index (χ1n) is 9.15. The van der Waals surface area contributed by atoms with Gasteiger partial charge >= 0.3 is 0 Å². The molecule has 0 unspecified atom stereocenters. The van der Waals surface area contributed by atoms with Crippen LogP contribution < -0.4 is 9.47 Å². The highest BCUT2D eigenvalue weighted by Gasteiger charge is 2.35. The predicted molar refractivity (Wildman–Crippen MR) is 107 cm³/mol. The van der Waals surface area contributed by atoms with E-state index in [0.717, 1.165) is 11.1 Å². The number of likely N-dealkylation sites (tertiary alicyclic amines) is 1. The second kappa shape index (κ2) is 8.13. The molecule has 0 N–H and O–H groups in total. The quantitative estimate of drug-likeness (QED) is 0.614. The molecule has 29 heavy (non-hydrogen) atoms. The Balaban J connectivity index is 1.36. The smallest absolute Gasteiger partial charge is 0.233 e. The van der Waals surface area contributed by atoms with Gasteiger partial charge < -0.3 is 18.9 Å². The van der Waals surface area contributed by atoms with Crippen LogP contribution in [-0.2, 0) is 11.2 Å². The van der Waals surface area contributed by atoms with E-state index in [1.54, 1.807) is 37.3 Å². The summed E-state index contributed by atoms with van der Waals surface area (Å²) in [5.41, 5.74) is 1.67. The fourth-order valence-electron chi connectivity index (χ4n) is 3.26. The van der Waals surface area contributed by atoms with Crippen molar-refractivity contribution in [1.82, 2.24) is 15.0 Å². The van der Waals surface area contributed by atoms with Gasteiger partial charge in [0.15, 0.2) is 11.5 Å². The maximum atomic E-state index is 12.6. The largest absolute Gasteiger partial charge is 0.493 e. The van der Waals surface area contributed by atoms with Crippen molar-refractivity contribution in [1.29, 1.82) is 0 Å². The Morgan fingerprint density at radius 2 is 1.97 bits per heavy atom. The molecule has 0 bridgehead atoms. The van der Waals surface area contributed by atoms with Crippen LogP contribution in [-0.4, -0.2) is 48.3 Å². The van der Waals surface area contributed by atoms with Crippen LogP contribution in [0, 0.1) is 0 Å². The van der Waals surface area contributed by atoms with Gasteiger partial charge in [-0.25, -0.2) is 0 Å². The zero-order chi connectivity index (χ0) is 20.4. The molecule has 2 aromatic carbocycles. The number of carbonyl (C=O) groups excluding carboxylic acids is 1. The predicted octanol–water partition coefficient (Wildman–Crippen LogP) is 3.58. The number of carbonyl (C=O) groups is 1. The summed E-state index contributed by atoms with van der Waals surface area (Å²) in [7, 11) is 3.16. The molecule has 0 aliphatic carbocycles. The Bertz CT molecular complexity index is 1030. The summed E-state index contributed by atoms with van der Waals surface area (Å²) in [4.78, 5) is 18.8. The summed E-state index contributed by atoms with van der Waals surface area (Å²) in [6.07, 6.45) is 0.296. The second-order valence-electron chi connectivity index (χ2n) is 6.83. The van der Waals surface area contributed by atoms with Crippen LogP contribution in [0.15, 0.2) is 47.0 Å². The molecule has 0 radical (unpaired) electrons. The minimum Gasteiger partial charge on any atom is -0.493 e. The van der Waals surface area contributed by atoms with Gasteiger partial charge in [0, 0.05) is 23.7 Å². The average Bonchev–Trinajstić information content (AvgIpc) is 3.16. The van der Waals surface area contributed by atoms with Crippen LogP contribution in [0.25, 0.3) is 11.4 Å². The Labute approximate surface area is 173 Å². The van der Waals surface area contributed by atoms with Gasteiger partial charge in [-0.2, -0.15) is 4.98 Å². The van der Waals surface area contributed by atoms with Crippen LogP contribution in [0.1, 0.15) is 17.4 Å². The molecule has 0 saturated carbocycles. The Kier molecular flexibility index (Phi) is 5.40. The Hall–Kier alpha value is -3.06. The number of benzene rings is 2. The molecule has 1 saturated heterocycles. The minimum absolute atomic E-state index is 0.0445. The third kappa shape index (κ3) is 4.05. The lowest BCUT2D eigenvalue weighted by Crippen LogP contribution is -2.49. The fourth-order valence-corrected chi connectivity index (χ4v) is 3.45. The number of aromatic nitrogens is 2. The normalized spacial score (nSPS) is 13.8. The lowest BCUT2D eigenvalue weighted by molar-refractivity contribution is -0.135. The number of nitrogens with zero attached hydrogens (tertiary/aromatic N) is 3. The summed E-state index contributed by atoms with van der Waals surface area (Å²) in [6.45, 7) is 1.12. The minimum atomic E-state index is 0.0445. The van der Waals surface area contributed by atoms with Crippen molar-refractivity contribution in [3.63, 3.8) is 0 Å². The number of amides is 1. The summed E-state index contributed by atoms with van der Waals surface area (Å²) in [6, 6.07) is 12.8. The van der Waals surface area contributed by atoms with Gasteiger partial charge in [0.2, 0.25) is 17.6 Å². The van der Waals surface area contributed by atoms with Crippen molar-refractivity contribution in [2.75, 3.05) is 27.3 Å².